The van der Waals surface area contributed by atoms with Crippen molar-refractivity contribution in [3.63, 3.8) is 0 Å². The van der Waals surface area contributed by atoms with Crippen molar-refractivity contribution in [3.05, 3.63) is 75.0 Å². The molecule has 3 aliphatic heterocycles. The van der Waals surface area contributed by atoms with Gasteiger partial charge in [0, 0.05) is 27.9 Å². The zero-order valence-corrected chi connectivity index (χ0v) is 20.5. The van der Waals surface area contributed by atoms with Crippen molar-refractivity contribution in [2.24, 2.45) is 5.92 Å². The molecule has 0 aromatic heterocycles. The molecule has 0 spiro atoms. The Bertz CT molecular complexity index is 1270. The van der Waals surface area contributed by atoms with Gasteiger partial charge in [0.15, 0.2) is 11.5 Å². The number of alkyl halides is 4. The van der Waals surface area contributed by atoms with Crippen LogP contribution in [0.3, 0.4) is 0 Å². The van der Waals surface area contributed by atoms with Gasteiger partial charge < -0.3 is 4.90 Å². The Labute approximate surface area is 214 Å². The number of hydrogen-bond acceptors (Lipinski definition) is 4. The maximum Gasteiger partial charge on any atom is 0.428 e. The van der Waals surface area contributed by atoms with Gasteiger partial charge in [-0.2, -0.15) is 13.2 Å². The molecular weight excluding hydrogens is 550 g/mol. The number of amides is 1. The van der Waals surface area contributed by atoms with Gasteiger partial charge in [0.2, 0.25) is 11.5 Å². The zero-order chi connectivity index (χ0) is 26.0. The zero-order valence-electron chi connectivity index (χ0n) is 18.2. The van der Waals surface area contributed by atoms with Crippen LogP contribution in [0.5, 0.6) is 0 Å². The summed E-state index contributed by atoms with van der Waals surface area (Å²) in [5.41, 5.74) is -2.57. The normalized spacial score (nSPS) is 27.1. The van der Waals surface area contributed by atoms with Crippen LogP contribution in [-0.4, -0.2) is 45.8 Å². The second-order valence-corrected chi connectivity index (χ2v) is 11.3. The third-order valence-corrected chi connectivity index (χ3v) is 8.63. The molecule has 192 valence electrons. The van der Waals surface area contributed by atoms with E-state index in [9.17, 15) is 26.6 Å². The van der Waals surface area contributed by atoms with Crippen molar-refractivity contribution in [3.8, 4) is 0 Å². The summed E-state index contributed by atoms with van der Waals surface area (Å²) in [7, 11) is -0.986. The average Bonchev–Trinajstić information content (AvgIpc) is 3.25. The molecule has 2 saturated heterocycles. The first-order valence-corrected chi connectivity index (χ1v) is 12.9. The first-order valence-electron chi connectivity index (χ1n) is 10.7. The molecule has 1 atom stereocenters. The molecular formula is C23H17Cl2F5N2O3S. The lowest BCUT2D eigenvalue weighted by Crippen LogP contribution is -2.62. The number of likely N-dealkylation sites (tertiary alicyclic amines) is 1. The molecule has 2 aromatic carbocycles. The molecule has 36 heavy (non-hydrogen) atoms. The summed E-state index contributed by atoms with van der Waals surface area (Å²) in [5, 5.41) is -1.19. The van der Waals surface area contributed by atoms with E-state index >= 15 is 4.39 Å². The summed E-state index contributed by atoms with van der Waals surface area (Å²) in [5.74, 6) is -1.02. The third-order valence-electron chi connectivity index (χ3n) is 6.53. The fourth-order valence-electron chi connectivity index (χ4n) is 4.40. The summed E-state index contributed by atoms with van der Waals surface area (Å²) in [6.07, 6.45) is -4.19. The van der Waals surface area contributed by atoms with Gasteiger partial charge in [-0.1, -0.05) is 47.5 Å². The number of nitrogens with zero attached hydrogens (tertiary/aromatic N) is 1. The van der Waals surface area contributed by atoms with Gasteiger partial charge in [-0.3, -0.25) is 19.3 Å². The molecule has 13 heteroatoms. The number of hydroxylamine groups is 1. The van der Waals surface area contributed by atoms with Crippen LogP contribution in [0.2, 0.25) is 10.0 Å². The first kappa shape index (κ1) is 25.4. The van der Waals surface area contributed by atoms with Crippen LogP contribution in [0.15, 0.2) is 42.5 Å². The predicted octanol–water partition coefficient (Wildman–Crippen LogP) is 4.85. The molecule has 1 amide bonds. The summed E-state index contributed by atoms with van der Waals surface area (Å²) in [6.45, 7) is -0.302. The molecule has 0 bridgehead atoms. The van der Waals surface area contributed by atoms with Gasteiger partial charge in [-0.15, -0.1) is 0 Å². The molecule has 3 heterocycles. The minimum atomic E-state index is -4.97. The van der Waals surface area contributed by atoms with Gasteiger partial charge in [-0.25, -0.2) is 8.78 Å². The van der Waals surface area contributed by atoms with Crippen LogP contribution < -0.4 is 5.48 Å². The number of halogens is 7. The van der Waals surface area contributed by atoms with E-state index in [4.69, 9.17) is 28.0 Å². The largest absolute Gasteiger partial charge is 0.428 e. The Morgan fingerprint density at radius 1 is 1.08 bits per heavy atom. The van der Waals surface area contributed by atoms with E-state index in [1.807, 2.05) is 0 Å². The summed E-state index contributed by atoms with van der Waals surface area (Å²) in [4.78, 5) is 18.6. The highest BCUT2D eigenvalue weighted by molar-refractivity contribution is 7.86. The van der Waals surface area contributed by atoms with Gasteiger partial charge in [0.05, 0.1) is 34.7 Å². The first-order chi connectivity index (χ1) is 16.8. The molecule has 0 aliphatic carbocycles. The maximum absolute atomic E-state index is 15.3. The van der Waals surface area contributed by atoms with Gasteiger partial charge in [0.25, 0.3) is 0 Å². The summed E-state index contributed by atoms with van der Waals surface area (Å²) >= 11 is 11.4. The van der Waals surface area contributed by atoms with Crippen LogP contribution in [-0.2, 0) is 31.7 Å². The molecule has 1 unspecified atom stereocenters. The lowest BCUT2D eigenvalue weighted by molar-refractivity contribution is -0.269. The Morgan fingerprint density at radius 2 is 1.67 bits per heavy atom. The Hall–Kier alpha value is -2.21. The number of hydrogen-bond donors (Lipinski definition) is 1. The second-order valence-electron chi connectivity index (χ2n) is 8.96. The number of carbonyl (C=O) groups excluding carboxylic acids is 1. The highest BCUT2D eigenvalue weighted by Gasteiger charge is 2.60. The highest BCUT2D eigenvalue weighted by atomic mass is 35.5. The van der Waals surface area contributed by atoms with Gasteiger partial charge >= 0.3 is 6.18 Å². The second kappa shape index (κ2) is 8.68. The van der Waals surface area contributed by atoms with Crippen molar-refractivity contribution in [1.29, 1.82) is 0 Å². The Kier molecular flexibility index (Phi) is 6.13. The van der Waals surface area contributed by atoms with E-state index in [0.29, 0.717) is 11.5 Å². The maximum atomic E-state index is 15.3. The lowest BCUT2D eigenvalue weighted by atomic mass is 9.86. The van der Waals surface area contributed by atoms with E-state index in [1.165, 1.54) is 29.2 Å². The minimum absolute atomic E-state index is 0.0493. The Morgan fingerprint density at radius 3 is 2.19 bits per heavy atom. The van der Waals surface area contributed by atoms with Gasteiger partial charge in [-0.05, 0) is 29.3 Å². The summed E-state index contributed by atoms with van der Waals surface area (Å²) < 4.78 is 82.8. The van der Waals surface area contributed by atoms with E-state index < -0.39 is 49.7 Å². The summed E-state index contributed by atoms with van der Waals surface area (Å²) in [6, 6.07) is 7.29. The fourth-order valence-corrected chi connectivity index (χ4v) is 5.97. The smallest absolute Gasteiger partial charge is 0.335 e. The van der Waals surface area contributed by atoms with E-state index in [2.05, 4.69) is 5.48 Å². The van der Waals surface area contributed by atoms with Crippen LogP contribution >= 0.6 is 23.2 Å². The van der Waals surface area contributed by atoms with Crippen molar-refractivity contribution in [1.82, 2.24) is 10.4 Å². The predicted molar refractivity (Wildman–Crippen MR) is 124 cm³/mol. The molecule has 0 saturated carbocycles. The standard InChI is InChI=1S/C23H17Cl2F5N2O3S/c24-16-5-15(6-17(25)19(16)26)22(23(28,29)30)7-18(31-35-22)12-1-3-14(4-2-12)21(27)10-32(11-21)20(33)13-8-36(34)9-13/h1-7,13,31H,8-11H2. The molecule has 2 aromatic rings. The van der Waals surface area contributed by atoms with Crippen LogP contribution in [0, 0.1) is 11.7 Å². The minimum Gasteiger partial charge on any atom is -0.335 e. The average molecular weight is 567 g/mol. The molecule has 3 aliphatic rings. The topological polar surface area (TPSA) is 58.6 Å². The van der Waals surface area contributed by atoms with Crippen LogP contribution in [0.4, 0.5) is 22.0 Å². The SMILES string of the molecule is O=C(C1CS(=O)C1)N1CC(F)(c2ccc(C3=CC(c4cc(Cl)c(F)c(Cl)c4)(C(F)(F)F)ON3)cc2)C1. The third kappa shape index (κ3) is 4.09. The van der Waals surface area contributed by atoms with E-state index in [0.717, 1.165) is 18.2 Å². The lowest BCUT2D eigenvalue weighted by Gasteiger charge is -2.46. The molecule has 1 N–H and O–H groups in total. The molecule has 5 nitrogen and oxygen atoms in total. The van der Waals surface area contributed by atoms with Crippen molar-refractivity contribution in [2.45, 2.75) is 17.4 Å². The number of rotatable bonds is 4. The monoisotopic (exact) mass is 566 g/mol. The quantitative estimate of drug-likeness (QED) is 0.424. The van der Waals surface area contributed by atoms with Crippen LogP contribution in [0.1, 0.15) is 16.7 Å². The van der Waals surface area contributed by atoms with Crippen molar-refractivity contribution in [2.75, 3.05) is 24.6 Å². The Balaban J connectivity index is 1.37. The number of benzene rings is 2. The molecule has 0 radical (unpaired) electrons. The fraction of sp³-hybridized carbons (Fsp3) is 0.348. The van der Waals surface area contributed by atoms with Crippen LogP contribution in [0.25, 0.3) is 5.70 Å². The number of nitrogens with one attached hydrogen (secondary N) is 1. The molecule has 2 fully saturated rings. The highest BCUT2D eigenvalue weighted by Crippen LogP contribution is 2.49. The van der Waals surface area contributed by atoms with Gasteiger partial charge in [0.1, 0.15) is 0 Å². The van der Waals surface area contributed by atoms with Crippen molar-refractivity contribution >= 4 is 45.6 Å². The molecule has 5 rings (SSSR count). The van der Waals surface area contributed by atoms with Crippen molar-refractivity contribution < 1.29 is 35.8 Å². The van der Waals surface area contributed by atoms with E-state index in [1.54, 1.807) is 0 Å². The van der Waals surface area contributed by atoms with E-state index in [-0.39, 0.29) is 41.7 Å². The number of carbonyl (C=O) groups is 1.